The zero-order valence-electron chi connectivity index (χ0n) is 15.8. The van der Waals surface area contributed by atoms with Crippen molar-refractivity contribution in [2.75, 3.05) is 13.2 Å². The van der Waals surface area contributed by atoms with E-state index in [4.69, 9.17) is 15.6 Å². The molecule has 2 atom stereocenters. The van der Waals surface area contributed by atoms with E-state index in [9.17, 15) is 19.7 Å². The number of nitrogens with one attached hydrogen (secondary N) is 1. The molecule has 28 heavy (non-hydrogen) atoms. The van der Waals surface area contributed by atoms with Crippen LogP contribution in [0, 0.1) is 0 Å². The smallest absolute Gasteiger partial charge is 0.312 e. The number of aliphatic carboxylic acids is 1. The van der Waals surface area contributed by atoms with Gasteiger partial charge < -0.3 is 31.0 Å². The van der Waals surface area contributed by atoms with Gasteiger partial charge in [0, 0.05) is 5.94 Å². The number of aliphatic hydroxyl groups excluding tert-OH is 1. The third-order valence-electron chi connectivity index (χ3n) is 3.79. The normalized spacial score (nSPS) is 13.1. The fourth-order valence-corrected chi connectivity index (χ4v) is 2.41. The average Bonchev–Trinajstić information content (AvgIpc) is 2.64. The quantitative estimate of drug-likeness (QED) is 0.173. The first kappa shape index (κ1) is 23.7. The molecule has 0 fully saturated rings. The Hall–Kier alpha value is -2.36. The highest BCUT2D eigenvalue weighted by Gasteiger charge is 2.13. The molecular formula is C19H28BN2O6. The standard InChI is InChI=1S/C19H28BN2O6/c21-9-1-2-10-28-16-7-3-5-14(11-16)12-18(24)22-17(20-27)8-4-6-15(23)13-19(25)26/h3-7,11,15,17,23,27H,1-2,8-10,12-13,21H2,(H,22,24)(H,25,26)/b6-4-/t15-,17+/m1/s1. The number of carbonyl (C=O) groups excluding carboxylic acids is 1. The third-order valence-corrected chi connectivity index (χ3v) is 3.79. The lowest BCUT2D eigenvalue weighted by atomic mass is 9.85. The number of hydrogen-bond acceptors (Lipinski definition) is 6. The van der Waals surface area contributed by atoms with Crippen molar-refractivity contribution in [3.63, 3.8) is 0 Å². The summed E-state index contributed by atoms with van der Waals surface area (Å²) in [5.41, 5.74) is 6.22. The zero-order chi connectivity index (χ0) is 20.8. The van der Waals surface area contributed by atoms with Gasteiger partial charge in [-0.15, -0.1) is 0 Å². The number of carboxylic acids is 1. The number of nitrogens with two attached hydrogens (primary N) is 1. The number of unbranched alkanes of at least 4 members (excludes halogenated alkanes) is 1. The third kappa shape index (κ3) is 10.7. The molecule has 1 radical (unpaired) electrons. The summed E-state index contributed by atoms with van der Waals surface area (Å²) in [5.74, 6) is -1.35. The topological polar surface area (TPSA) is 142 Å². The fraction of sp³-hybridized carbons (Fsp3) is 0.474. The van der Waals surface area contributed by atoms with Gasteiger partial charge in [-0.2, -0.15) is 0 Å². The number of amides is 1. The van der Waals surface area contributed by atoms with E-state index in [0.29, 0.717) is 18.9 Å². The molecule has 6 N–H and O–H groups in total. The average molecular weight is 391 g/mol. The van der Waals surface area contributed by atoms with Crippen molar-refractivity contribution < 1.29 is 29.6 Å². The van der Waals surface area contributed by atoms with E-state index in [0.717, 1.165) is 25.9 Å². The maximum absolute atomic E-state index is 12.2. The van der Waals surface area contributed by atoms with Crippen LogP contribution >= 0.6 is 0 Å². The Kier molecular flexibility index (Phi) is 11.6. The largest absolute Gasteiger partial charge is 0.494 e. The van der Waals surface area contributed by atoms with Crippen molar-refractivity contribution in [3.05, 3.63) is 42.0 Å². The van der Waals surface area contributed by atoms with E-state index in [1.807, 2.05) is 18.2 Å². The number of hydrogen-bond donors (Lipinski definition) is 5. The molecule has 0 spiro atoms. The number of aliphatic hydroxyl groups is 1. The van der Waals surface area contributed by atoms with Gasteiger partial charge in [-0.25, -0.2) is 0 Å². The van der Waals surface area contributed by atoms with Gasteiger partial charge in [-0.3, -0.25) is 9.59 Å². The van der Waals surface area contributed by atoms with Gasteiger partial charge in [-0.05, 0) is 43.5 Å². The van der Waals surface area contributed by atoms with Crippen molar-refractivity contribution >= 4 is 19.4 Å². The number of rotatable bonds is 14. The second-order valence-corrected chi connectivity index (χ2v) is 6.32. The monoisotopic (exact) mass is 391 g/mol. The van der Waals surface area contributed by atoms with Crippen LogP contribution in [0.2, 0.25) is 0 Å². The Bertz CT molecular complexity index is 641. The van der Waals surface area contributed by atoms with Gasteiger partial charge >= 0.3 is 13.5 Å². The van der Waals surface area contributed by atoms with E-state index in [1.165, 1.54) is 12.2 Å². The second kappa shape index (κ2) is 13.8. The highest BCUT2D eigenvalue weighted by Crippen LogP contribution is 2.14. The fourth-order valence-electron chi connectivity index (χ4n) is 2.41. The lowest BCUT2D eigenvalue weighted by molar-refractivity contribution is -0.138. The predicted octanol–water partition coefficient (Wildman–Crippen LogP) is 0.183. The summed E-state index contributed by atoms with van der Waals surface area (Å²) in [6.07, 6.45) is 3.43. The van der Waals surface area contributed by atoms with Crippen LogP contribution in [0.25, 0.3) is 0 Å². The predicted molar refractivity (Wildman–Crippen MR) is 106 cm³/mol. The van der Waals surface area contributed by atoms with E-state index in [1.54, 1.807) is 6.07 Å². The molecule has 0 saturated carbocycles. The van der Waals surface area contributed by atoms with Crippen LogP contribution in [0.3, 0.4) is 0 Å². The summed E-state index contributed by atoms with van der Waals surface area (Å²) in [5, 5.41) is 30.0. The molecule has 0 heterocycles. The van der Waals surface area contributed by atoms with Crippen molar-refractivity contribution in [3.8, 4) is 5.75 Å². The summed E-state index contributed by atoms with van der Waals surface area (Å²) in [6.45, 7) is 1.19. The molecule has 0 aromatic heterocycles. The van der Waals surface area contributed by atoms with Crippen LogP contribution in [-0.2, 0) is 16.0 Å². The summed E-state index contributed by atoms with van der Waals surface area (Å²) >= 11 is 0. The minimum Gasteiger partial charge on any atom is -0.494 e. The second-order valence-electron chi connectivity index (χ2n) is 6.32. The van der Waals surface area contributed by atoms with Gasteiger partial charge in [0.2, 0.25) is 5.91 Å². The van der Waals surface area contributed by atoms with Crippen molar-refractivity contribution in [2.45, 2.75) is 44.1 Å². The maximum Gasteiger partial charge on any atom is 0.312 e. The van der Waals surface area contributed by atoms with Crippen LogP contribution in [0.5, 0.6) is 5.75 Å². The van der Waals surface area contributed by atoms with Crippen molar-refractivity contribution in [2.24, 2.45) is 5.73 Å². The molecule has 0 aliphatic heterocycles. The molecule has 8 nitrogen and oxygen atoms in total. The van der Waals surface area contributed by atoms with Crippen LogP contribution in [-0.4, -0.2) is 59.8 Å². The highest BCUT2D eigenvalue weighted by molar-refractivity contribution is 6.28. The number of carbonyl (C=O) groups is 2. The number of carboxylic acid groups (broad SMARTS) is 1. The molecular weight excluding hydrogens is 363 g/mol. The zero-order valence-corrected chi connectivity index (χ0v) is 15.8. The van der Waals surface area contributed by atoms with Gasteiger partial charge in [0.25, 0.3) is 0 Å². The van der Waals surface area contributed by atoms with Crippen LogP contribution in [0.1, 0.15) is 31.2 Å². The first-order valence-corrected chi connectivity index (χ1v) is 9.19. The molecule has 1 rings (SSSR count). The first-order valence-electron chi connectivity index (χ1n) is 9.19. The first-order chi connectivity index (χ1) is 13.4. The molecule has 1 amide bonds. The molecule has 0 bridgehead atoms. The SMILES string of the molecule is NCCCCOc1cccc(CC(=O)N[C@H]([B]O)C/C=C\[C@@H](O)CC(=O)O)c1. The van der Waals surface area contributed by atoms with E-state index >= 15 is 0 Å². The Labute approximate surface area is 165 Å². The highest BCUT2D eigenvalue weighted by atomic mass is 16.5. The molecule has 0 aliphatic rings. The summed E-state index contributed by atoms with van der Waals surface area (Å²) in [4.78, 5) is 22.7. The molecule has 9 heteroatoms. The Morgan fingerprint density at radius 2 is 2.11 bits per heavy atom. The molecule has 153 valence electrons. The van der Waals surface area contributed by atoms with Gasteiger partial charge in [0.15, 0.2) is 0 Å². The van der Waals surface area contributed by atoms with Crippen LogP contribution in [0.15, 0.2) is 36.4 Å². The minimum absolute atomic E-state index is 0.121. The van der Waals surface area contributed by atoms with E-state index < -0.39 is 24.4 Å². The Morgan fingerprint density at radius 1 is 1.32 bits per heavy atom. The Balaban J connectivity index is 2.46. The number of benzene rings is 1. The van der Waals surface area contributed by atoms with Crippen LogP contribution < -0.4 is 15.8 Å². The lowest BCUT2D eigenvalue weighted by Gasteiger charge is -2.14. The van der Waals surface area contributed by atoms with Crippen molar-refractivity contribution in [1.82, 2.24) is 5.32 Å². The number of ether oxygens (including phenoxy) is 1. The van der Waals surface area contributed by atoms with Gasteiger partial charge in [0.1, 0.15) is 5.75 Å². The molecule has 1 aromatic rings. The minimum atomic E-state index is -1.11. The summed E-state index contributed by atoms with van der Waals surface area (Å²) in [7, 11) is 0.850. The summed E-state index contributed by atoms with van der Waals surface area (Å²) in [6, 6.07) is 7.23. The van der Waals surface area contributed by atoms with E-state index in [-0.39, 0.29) is 18.7 Å². The van der Waals surface area contributed by atoms with E-state index in [2.05, 4.69) is 5.32 Å². The lowest BCUT2D eigenvalue weighted by Crippen LogP contribution is -2.39. The van der Waals surface area contributed by atoms with Gasteiger partial charge in [0.05, 0.1) is 25.6 Å². The molecule has 1 aromatic carbocycles. The van der Waals surface area contributed by atoms with Gasteiger partial charge in [-0.1, -0.05) is 24.3 Å². The summed E-state index contributed by atoms with van der Waals surface area (Å²) < 4.78 is 5.63. The molecule has 0 unspecified atom stereocenters. The van der Waals surface area contributed by atoms with Crippen molar-refractivity contribution in [1.29, 1.82) is 0 Å². The van der Waals surface area contributed by atoms with Crippen LogP contribution in [0.4, 0.5) is 0 Å². The maximum atomic E-state index is 12.2. The molecule has 0 aliphatic carbocycles. The molecule has 0 saturated heterocycles. The Morgan fingerprint density at radius 3 is 2.79 bits per heavy atom.